The first-order chi connectivity index (χ1) is 9.65. The number of rotatable bonds is 2. The summed E-state index contributed by atoms with van der Waals surface area (Å²) in [6.45, 7) is 5.46. The number of piperidine rings is 1. The van der Waals surface area contributed by atoms with Crippen molar-refractivity contribution in [2.24, 2.45) is 5.92 Å². The van der Waals surface area contributed by atoms with Gasteiger partial charge in [0, 0.05) is 18.1 Å². The number of anilines is 1. The molecule has 2 aromatic rings. The first-order valence-electron chi connectivity index (χ1n) is 7.19. The number of aromatic nitrogens is 1. The fourth-order valence-electron chi connectivity index (χ4n) is 2.87. The topological polar surface area (TPSA) is 42.2 Å². The fraction of sp³-hybridized carbons (Fsp3) is 0.438. The fourth-order valence-corrected chi connectivity index (χ4v) is 3.15. The molecule has 0 aliphatic carbocycles. The van der Waals surface area contributed by atoms with Gasteiger partial charge in [-0.1, -0.05) is 18.5 Å². The van der Waals surface area contributed by atoms with Gasteiger partial charge in [0.05, 0.1) is 16.2 Å². The lowest BCUT2D eigenvalue weighted by Gasteiger charge is -2.30. The Labute approximate surface area is 124 Å². The Kier molecular flexibility index (Phi) is 3.81. The summed E-state index contributed by atoms with van der Waals surface area (Å²) in [6, 6.07) is 5.85. The molecular weight excluding hydrogens is 270 g/mol. The minimum atomic E-state index is 0.739. The lowest BCUT2D eigenvalue weighted by molar-refractivity contribution is 0.185. The third-order valence-electron chi connectivity index (χ3n) is 4.24. The standard InChI is InChI=1S/C16H20ClN3/c1-11-4-7-20(8-5-11)10-12-9-14(17)13-3-2-6-19-16(13)15(12)18/h2-3,6,9,11H,4-5,7-8,10,18H2,1H3. The van der Waals surface area contributed by atoms with E-state index in [4.69, 9.17) is 17.3 Å². The Morgan fingerprint density at radius 2 is 2.15 bits per heavy atom. The number of nitrogens with zero attached hydrogens (tertiary/aromatic N) is 2. The van der Waals surface area contributed by atoms with E-state index >= 15 is 0 Å². The highest BCUT2D eigenvalue weighted by Crippen LogP contribution is 2.31. The molecule has 1 aromatic carbocycles. The van der Waals surface area contributed by atoms with Crippen LogP contribution in [0.25, 0.3) is 10.9 Å². The van der Waals surface area contributed by atoms with Crippen molar-refractivity contribution in [3.63, 3.8) is 0 Å². The van der Waals surface area contributed by atoms with E-state index in [-0.39, 0.29) is 0 Å². The van der Waals surface area contributed by atoms with E-state index in [0.717, 1.165) is 52.7 Å². The average Bonchev–Trinajstić information content (AvgIpc) is 2.47. The Hall–Kier alpha value is -1.32. The van der Waals surface area contributed by atoms with E-state index in [9.17, 15) is 0 Å². The molecule has 0 bridgehead atoms. The molecule has 20 heavy (non-hydrogen) atoms. The van der Waals surface area contributed by atoms with Gasteiger partial charge in [-0.15, -0.1) is 0 Å². The maximum atomic E-state index is 6.36. The van der Waals surface area contributed by atoms with Crippen molar-refractivity contribution in [2.45, 2.75) is 26.3 Å². The number of pyridine rings is 1. The zero-order valence-corrected chi connectivity index (χ0v) is 12.5. The molecule has 2 N–H and O–H groups in total. The lowest BCUT2D eigenvalue weighted by atomic mass is 9.98. The quantitative estimate of drug-likeness (QED) is 0.857. The minimum Gasteiger partial charge on any atom is -0.397 e. The summed E-state index contributed by atoms with van der Waals surface area (Å²) in [6.07, 6.45) is 4.29. The van der Waals surface area contributed by atoms with E-state index in [1.807, 2.05) is 18.2 Å². The van der Waals surface area contributed by atoms with E-state index in [0.29, 0.717) is 0 Å². The SMILES string of the molecule is CC1CCN(Cc2cc(Cl)c3cccnc3c2N)CC1. The predicted octanol–water partition coefficient (Wildman–Crippen LogP) is 3.70. The summed E-state index contributed by atoms with van der Waals surface area (Å²) in [4.78, 5) is 6.83. The molecule has 0 radical (unpaired) electrons. The van der Waals surface area contributed by atoms with Crippen LogP contribution >= 0.6 is 11.6 Å². The molecule has 0 saturated carbocycles. The van der Waals surface area contributed by atoms with Crippen molar-refractivity contribution in [3.05, 3.63) is 35.0 Å². The number of benzene rings is 1. The van der Waals surface area contributed by atoms with Gasteiger partial charge < -0.3 is 5.73 Å². The number of likely N-dealkylation sites (tertiary alicyclic amines) is 1. The largest absolute Gasteiger partial charge is 0.397 e. The van der Waals surface area contributed by atoms with E-state index < -0.39 is 0 Å². The van der Waals surface area contributed by atoms with Crippen molar-refractivity contribution in [1.29, 1.82) is 0 Å². The molecule has 106 valence electrons. The molecule has 1 aliphatic rings. The van der Waals surface area contributed by atoms with Gasteiger partial charge in [-0.2, -0.15) is 0 Å². The first kappa shape index (κ1) is 13.7. The van der Waals surface area contributed by atoms with Crippen LogP contribution in [-0.4, -0.2) is 23.0 Å². The normalized spacial score (nSPS) is 17.7. The Morgan fingerprint density at radius 3 is 2.90 bits per heavy atom. The van der Waals surface area contributed by atoms with Crippen molar-refractivity contribution in [2.75, 3.05) is 18.8 Å². The number of nitrogens with two attached hydrogens (primary N) is 1. The Morgan fingerprint density at radius 1 is 1.40 bits per heavy atom. The van der Waals surface area contributed by atoms with Gasteiger partial charge in [-0.25, -0.2) is 0 Å². The molecule has 1 aromatic heterocycles. The molecular formula is C16H20ClN3. The second kappa shape index (κ2) is 5.58. The predicted molar refractivity (Wildman–Crippen MR) is 84.8 cm³/mol. The number of halogens is 1. The summed E-state index contributed by atoms with van der Waals surface area (Å²) in [7, 11) is 0. The van der Waals surface area contributed by atoms with E-state index in [1.165, 1.54) is 12.8 Å². The van der Waals surface area contributed by atoms with Crippen LogP contribution in [0.2, 0.25) is 5.02 Å². The van der Waals surface area contributed by atoms with Crippen molar-refractivity contribution in [1.82, 2.24) is 9.88 Å². The second-order valence-corrected chi connectivity index (χ2v) is 6.20. The molecule has 0 amide bonds. The van der Waals surface area contributed by atoms with Gasteiger partial charge in [0.1, 0.15) is 0 Å². The summed E-state index contributed by atoms with van der Waals surface area (Å²) < 4.78 is 0. The van der Waals surface area contributed by atoms with Gasteiger partial charge >= 0.3 is 0 Å². The van der Waals surface area contributed by atoms with Crippen molar-refractivity contribution < 1.29 is 0 Å². The van der Waals surface area contributed by atoms with Crippen LogP contribution in [0, 0.1) is 5.92 Å². The number of hydrogen-bond acceptors (Lipinski definition) is 3. The lowest BCUT2D eigenvalue weighted by Crippen LogP contribution is -2.32. The van der Waals surface area contributed by atoms with Crippen LogP contribution in [0.15, 0.2) is 24.4 Å². The third-order valence-corrected chi connectivity index (χ3v) is 4.55. The highest BCUT2D eigenvalue weighted by molar-refractivity contribution is 6.36. The van der Waals surface area contributed by atoms with Crippen LogP contribution in [-0.2, 0) is 6.54 Å². The Bertz CT molecular complexity index is 618. The molecule has 0 unspecified atom stereocenters. The van der Waals surface area contributed by atoms with Crippen LogP contribution in [0.5, 0.6) is 0 Å². The maximum absolute atomic E-state index is 6.36. The van der Waals surface area contributed by atoms with Gasteiger partial charge in [0.2, 0.25) is 0 Å². The Balaban J connectivity index is 1.90. The molecule has 4 heteroatoms. The smallest absolute Gasteiger partial charge is 0.0949 e. The summed E-state index contributed by atoms with van der Waals surface area (Å²) in [5.74, 6) is 0.838. The second-order valence-electron chi connectivity index (χ2n) is 5.79. The third kappa shape index (κ3) is 2.60. The van der Waals surface area contributed by atoms with Gasteiger partial charge in [-0.05, 0) is 55.6 Å². The van der Waals surface area contributed by atoms with E-state index in [1.54, 1.807) is 6.20 Å². The molecule has 2 heterocycles. The highest BCUT2D eigenvalue weighted by atomic mass is 35.5. The van der Waals surface area contributed by atoms with Crippen molar-refractivity contribution in [3.8, 4) is 0 Å². The summed E-state index contributed by atoms with van der Waals surface area (Å²) in [5, 5.41) is 1.67. The highest BCUT2D eigenvalue weighted by Gasteiger charge is 2.18. The molecule has 0 atom stereocenters. The van der Waals surface area contributed by atoms with Crippen molar-refractivity contribution >= 4 is 28.2 Å². The summed E-state index contributed by atoms with van der Waals surface area (Å²) in [5.41, 5.74) is 8.96. The average molecular weight is 290 g/mol. The molecule has 1 aliphatic heterocycles. The van der Waals surface area contributed by atoms with Crippen LogP contribution in [0.3, 0.4) is 0 Å². The number of hydrogen-bond donors (Lipinski definition) is 1. The molecule has 1 fully saturated rings. The summed E-state index contributed by atoms with van der Waals surface area (Å²) >= 11 is 6.36. The number of nitrogen functional groups attached to an aromatic ring is 1. The van der Waals surface area contributed by atoms with Gasteiger partial charge in [-0.3, -0.25) is 9.88 Å². The number of fused-ring (bicyclic) bond motifs is 1. The van der Waals surface area contributed by atoms with Crippen LogP contribution in [0.1, 0.15) is 25.3 Å². The molecule has 3 rings (SSSR count). The van der Waals surface area contributed by atoms with Gasteiger partial charge in [0.25, 0.3) is 0 Å². The molecule has 1 saturated heterocycles. The zero-order chi connectivity index (χ0) is 14.1. The maximum Gasteiger partial charge on any atom is 0.0949 e. The first-order valence-corrected chi connectivity index (χ1v) is 7.57. The monoisotopic (exact) mass is 289 g/mol. The van der Waals surface area contributed by atoms with E-state index in [2.05, 4.69) is 16.8 Å². The van der Waals surface area contributed by atoms with Gasteiger partial charge in [0.15, 0.2) is 0 Å². The molecule has 0 spiro atoms. The molecule has 3 nitrogen and oxygen atoms in total. The van der Waals surface area contributed by atoms with Crippen LogP contribution in [0.4, 0.5) is 5.69 Å². The minimum absolute atomic E-state index is 0.739. The zero-order valence-electron chi connectivity index (χ0n) is 11.8. The van der Waals surface area contributed by atoms with Crippen LogP contribution < -0.4 is 5.73 Å².